The summed E-state index contributed by atoms with van der Waals surface area (Å²) < 4.78 is 16.8. The van der Waals surface area contributed by atoms with Gasteiger partial charge in [-0.25, -0.2) is 9.59 Å². The number of hydrogen-bond donors (Lipinski definition) is 2. The number of benzene rings is 2. The Hall–Kier alpha value is -3.10. The van der Waals surface area contributed by atoms with Crippen molar-refractivity contribution in [3.8, 4) is 5.75 Å². The molecule has 0 radical (unpaired) electrons. The monoisotopic (exact) mass is 514 g/mol. The lowest BCUT2D eigenvalue weighted by Gasteiger charge is -2.23. The molecule has 0 spiro atoms. The van der Waals surface area contributed by atoms with Crippen molar-refractivity contribution in [2.24, 2.45) is 0 Å². The highest BCUT2D eigenvalue weighted by Gasteiger charge is 2.18. The van der Waals surface area contributed by atoms with Gasteiger partial charge in [-0.15, -0.1) is 0 Å². The molecule has 0 heterocycles. The Morgan fingerprint density at radius 1 is 0.946 bits per heavy atom. The van der Waals surface area contributed by atoms with Gasteiger partial charge in [0.2, 0.25) is 0 Å². The summed E-state index contributed by atoms with van der Waals surface area (Å²) in [6, 6.07) is 14.9. The normalized spacial score (nSPS) is 11.8. The number of anilines is 1. The SMILES string of the molecule is CCCCOCCN(CCOc1ccc(CC(OCC)C(=O)O)cc1)C(=O)Nc1ccc(C(C)C)cc1. The Labute approximate surface area is 220 Å². The zero-order chi connectivity index (χ0) is 27.0. The molecule has 0 aliphatic rings. The van der Waals surface area contributed by atoms with E-state index in [9.17, 15) is 14.7 Å². The molecule has 0 aromatic heterocycles. The number of aliphatic carboxylic acids is 1. The summed E-state index contributed by atoms with van der Waals surface area (Å²) in [5.74, 6) is 0.0990. The van der Waals surface area contributed by atoms with Crippen molar-refractivity contribution < 1.29 is 28.9 Å². The van der Waals surface area contributed by atoms with E-state index in [2.05, 4.69) is 26.1 Å². The van der Waals surface area contributed by atoms with Crippen LogP contribution in [0.25, 0.3) is 0 Å². The number of ether oxygens (including phenoxy) is 3. The predicted molar refractivity (Wildman–Crippen MR) is 146 cm³/mol. The fourth-order valence-electron chi connectivity index (χ4n) is 3.62. The number of carboxylic acid groups (broad SMARTS) is 1. The number of amides is 2. The summed E-state index contributed by atoms with van der Waals surface area (Å²) in [5, 5.41) is 12.2. The van der Waals surface area contributed by atoms with E-state index in [1.807, 2.05) is 36.4 Å². The summed E-state index contributed by atoms with van der Waals surface area (Å²) in [6.07, 6.45) is 1.47. The quantitative estimate of drug-likeness (QED) is 0.268. The van der Waals surface area contributed by atoms with E-state index >= 15 is 0 Å². The molecule has 0 saturated heterocycles. The minimum absolute atomic E-state index is 0.203. The first kappa shape index (κ1) is 30.1. The molecule has 37 heavy (non-hydrogen) atoms. The lowest BCUT2D eigenvalue weighted by Crippen LogP contribution is -2.40. The van der Waals surface area contributed by atoms with Gasteiger partial charge in [0.15, 0.2) is 6.10 Å². The van der Waals surface area contributed by atoms with Gasteiger partial charge in [-0.1, -0.05) is 51.5 Å². The van der Waals surface area contributed by atoms with Crippen LogP contribution in [-0.4, -0.2) is 67.6 Å². The van der Waals surface area contributed by atoms with E-state index in [0.717, 1.165) is 24.1 Å². The molecular weight excluding hydrogens is 472 g/mol. The van der Waals surface area contributed by atoms with Crippen molar-refractivity contribution >= 4 is 17.7 Å². The van der Waals surface area contributed by atoms with Crippen LogP contribution in [0.15, 0.2) is 48.5 Å². The van der Waals surface area contributed by atoms with E-state index in [-0.39, 0.29) is 12.5 Å². The number of nitrogens with one attached hydrogen (secondary N) is 1. The molecule has 0 aliphatic carbocycles. The second-order valence-corrected chi connectivity index (χ2v) is 9.14. The minimum atomic E-state index is -0.977. The maximum absolute atomic E-state index is 13.0. The van der Waals surface area contributed by atoms with Gasteiger partial charge >= 0.3 is 12.0 Å². The molecular formula is C29H42N2O6. The van der Waals surface area contributed by atoms with Gasteiger partial charge in [0.1, 0.15) is 12.4 Å². The summed E-state index contributed by atoms with van der Waals surface area (Å²) in [6.45, 7) is 10.8. The molecule has 2 aromatic rings. The lowest BCUT2D eigenvalue weighted by molar-refractivity contribution is -0.149. The topological polar surface area (TPSA) is 97.3 Å². The Morgan fingerprint density at radius 3 is 2.22 bits per heavy atom. The average molecular weight is 515 g/mol. The summed E-state index contributed by atoms with van der Waals surface area (Å²) in [7, 11) is 0. The second kappa shape index (κ2) is 16.6. The zero-order valence-electron chi connectivity index (χ0n) is 22.6. The first-order valence-corrected chi connectivity index (χ1v) is 13.1. The zero-order valence-corrected chi connectivity index (χ0v) is 22.6. The van der Waals surface area contributed by atoms with Gasteiger partial charge in [0, 0.05) is 31.9 Å². The second-order valence-electron chi connectivity index (χ2n) is 9.14. The van der Waals surface area contributed by atoms with Crippen LogP contribution in [-0.2, 0) is 20.7 Å². The van der Waals surface area contributed by atoms with E-state index in [0.29, 0.717) is 51.2 Å². The highest BCUT2D eigenvalue weighted by Crippen LogP contribution is 2.18. The molecule has 1 atom stereocenters. The van der Waals surface area contributed by atoms with Crippen molar-refractivity contribution in [1.29, 1.82) is 0 Å². The standard InChI is InChI=1S/C29H42N2O6/c1-5-7-18-35-19-16-31(29(34)30-25-12-10-24(11-13-25)22(3)4)17-20-37-26-14-8-23(9-15-26)21-27(28(32)33)36-6-2/h8-15,22,27H,5-7,16-21H2,1-4H3,(H,30,34)(H,32,33). The van der Waals surface area contributed by atoms with Crippen LogP contribution in [0.3, 0.4) is 0 Å². The molecule has 2 N–H and O–H groups in total. The number of carbonyl (C=O) groups is 2. The number of hydrogen-bond acceptors (Lipinski definition) is 5. The molecule has 2 rings (SSSR count). The van der Waals surface area contributed by atoms with E-state index in [1.54, 1.807) is 24.0 Å². The predicted octanol–water partition coefficient (Wildman–Crippen LogP) is 5.57. The van der Waals surface area contributed by atoms with Crippen molar-refractivity contribution in [3.05, 3.63) is 59.7 Å². The molecule has 204 valence electrons. The maximum atomic E-state index is 13.0. The van der Waals surface area contributed by atoms with Gasteiger partial charge in [-0.05, 0) is 54.7 Å². The number of carboxylic acids is 1. The average Bonchev–Trinajstić information content (AvgIpc) is 2.88. The van der Waals surface area contributed by atoms with Gasteiger partial charge in [-0.3, -0.25) is 0 Å². The molecule has 1 unspecified atom stereocenters. The molecule has 0 aliphatic heterocycles. The van der Waals surface area contributed by atoms with Crippen molar-refractivity contribution in [2.75, 3.05) is 44.8 Å². The number of nitrogens with zero attached hydrogens (tertiary/aromatic N) is 1. The third kappa shape index (κ3) is 11.2. The summed E-state index contributed by atoms with van der Waals surface area (Å²) in [5.41, 5.74) is 2.81. The fourth-order valence-corrected chi connectivity index (χ4v) is 3.62. The Kier molecular flexibility index (Phi) is 13.5. The van der Waals surface area contributed by atoms with Crippen LogP contribution in [0.1, 0.15) is 57.6 Å². The molecule has 0 fully saturated rings. The fraction of sp³-hybridized carbons (Fsp3) is 0.517. The molecule has 8 heteroatoms. The van der Waals surface area contributed by atoms with Gasteiger partial charge in [-0.2, -0.15) is 0 Å². The van der Waals surface area contributed by atoms with E-state index < -0.39 is 12.1 Å². The van der Waals surface area contributed by atoms with Crippen molar-refractivity contribution in [2.45, 2.75) is 59.0 Å². The first-order valence-electron chi connectivity index (χ1n) is 13.1. The number of unbranched alkanes of at least 4 members (excludes halogenated alkanes) is 1. The van der Waals surface area contributed by atoms with Crippen LogP contribution < -0.4 is 10.1 Å². The third-order valence-corrected chi connectivity index (χ3v) is 5.88. The molecule has 2 aromatic carbocycles. The highest BCUT2D eigenvalue weighted by molar-refractivity contribution is 5.89. The van der Waals surface area contributed by atoms with E-state index in [1.165, 1.54) is 5.56 Å². The van der Waals surface area contributed by atoms with Crippen LogP contribution in [0.5, 0.6) is 5.75 Å². The van der Waals surface area contributed by atoms with Crippen molar-refractivity contribution in [1.82, 2.24) is 4.90 Å². The maximum Gasteiger partial charge on any atom is 0.333 e. The molecule has 2 amide bonds. The van der Waals surface area contributed by atoms with Gasteiger partial charge < -0.3 is 29.5 Å². The summed E-state index contributed by atoms with van der Waals surface area (Å²) >= 11 is 0. The smallest absolute Gasteiger partial charge is 0.333 e. The summed E-state index contributed by atoms with van der Waals surface area (Å²) in [4.78, 5) is 26.0. The highest BCUT2D eigenvalue weighted by atomic mass is 16.5. The van der Waals surface area contributed by atoms with Crippen LogP contribution >= 0.6 is 0 Å². The van der Waals surface area contributed by atoms with Gasteiger partial charge in [0.05, 0.1) is 13.2 Å². The largest absolute Gasteiger partial charge is 0.492 e. The van der Waals surface area contributed by atoms with Gasteiger partial charge in [0.25, 0.3) is 0 Å². The van der Waals surface area contributed by atoms with Crippen LogP contribution in [0, 0.1) is 0 Å². The number of urea groups is 1. The van der Waals surface area contributed by atoms with Crippen molar-refractivity contribution in [3.63, 3.8) is 0 Å². The first-order chi connectivity index (χ1) is 17.8. The Balaban J connectivity index is 1.92. The molecule has 8 nitrogen and oxygen atoms in total. The lowest BCUT2D eigenvalue weighted by atomic mass is 10.0. The molecule has 0 bridgehead atoms. The Morgan fingerprint density at radius 2 is 1.62 bits per heavy atom. The van der Waals surface area contributed by atoms with Crippen LogP contribution in [0.4, 0.5) is 10.5 Å². The third-order valence-electron chi connectivity index (χ3n) is 5.88. The number of rotatable bonds is 17. The minimum Gasteiger partial charge on any atom is -0.492 e. The van der Waals surface area contributed by atoms with Crippen LogP contribution in [0.2, 0.25) is 0 Å². The molecule has 0 saturated carbocycles. The Bertz CT molecular complexity index is 930. The number of carbonyl (C=O) groups excluding carboxylic acids is 1. The van der Waals surface area contributed by atoms with E-state index in [4.69, 9.17) is 14.2 Å².